The summed E-state index contributed by atoms with van der Waals surface area (Å²) < 4.78 is 5.24. The summed E-state index contributed by atoms with van der Waals surface area (Å²) >= 11 is 0. The number of carbonyl (C=O) groups excluding carboxylic acids is 1. The van der Waals surface area contributed by atoms with Gasteiger partial charge in [-0.15, -0.1) is 0 Å². The van der Waals surface area contributed by atoms with Gasteiger partial charge in [0.1, 0.15) is 5.69 Å². The van der Waals surface area contributed by atoms with Crippen molar-refractivity contribution in [3.8, 4) is 0 Å². The maximum Gasteiger partial charge on any atom is 0.315 e. The average molecular weight is 344 g/mol. The van der Waals surface area contributed by atoms with Crippen molar-refractivity contribution in [2.45, 2.75) is 58.2 Å². The zero-order valence-electron chi connectivity index (χ0n) is 15.1. The molecule has 6 heteroatoms. The van der Waals surface area contributed by atoms with Crippen LogP contribution in [0.3, 0.4) is 0 Å². The minimum atomic E-state index is -0.160. The Morgan fingerprint density at radius 2 is 2.00 bits per heavy atom. The van der Waals surface area contributed by atoms with Gasteiger partial charge in [0.15, 0.2) is 5.58 Å². The number of nitrogens with zero attached hydrogens (tertiary/aromatic N) is 2. The van der Waals surface area contributed by atoms with Crippen LogP contribution in [0.25, 0.3) is 11.0 Å². The van der Waals surface area contributed by atoms with Crippen molar-refractivity contribution in [1.29, 1.82) is 0 Å². The second-order valence-corrected chi connectivity index (χ2v) is 6.96. The Morgan fingerprint density at radius 1 is 1.24 bits per heavy atom. The van der Waals surface area contributed by atoms with Crippen LogP contribution in [0, 0.1) is 0 Å². The van der Waals surface area contributed by atoms with E-state index in [1.165, 1.54) is 19.3 Å². The summed E-state index contributed by atoms with van der Waals surface area (Å²) in [5.74, 6) is 0. The summed E-state index contributed by atoms with van der Waals surface area (Å²) in [5.41, 5.74) is 1.49. The van der Waals surface area contributed by atoms with E-state index in [0.29, 0.717) is 25.2 Å². The zero-order chi connectivity index (χ0) is 17.6. The Balaban J connectivity index is 1.37. The van der Waals surface area contributed by atoms with Gasteiger partial charge in [-0.1, -0.05) is 23.7 Å². The number of fused-ring (bicyclic) bond motifs is 1. The van der Waals surface area contributed by atoms with Crippen LogP contribution >= 0.6 is 0 Å². The van der Waals surface area contributed by atoms with E-state index in [1.54, 1.807) is 0 Å². The lowest BCUT2D eigenvalue weighted by atomic mass is 9.97. The first kappa shape index (κ1) is 17.7. The lowest BCUT2D eigenvalue weighted by Gasteiger charge is -2.39. The van der Waals surface area contributed by atoms with Gasteiger partial charge in [-0.25, -0.2) is 4.79 Å². The monoisotopic (exact) mass is 344 g/mol. The molecule has 6 nitrogen and oxygen atoms in total. The highest BCUT2D eigenvalue weighted by Crippen LogP contribution is 2.22. The highest BCUT2D eigenvalue weighted by molar-refractivity contribution is 5.80. The predicted molar refractivity (Wildman–Crippen MR) is 98.3 cm³/mol. The molecule has 2 N–H and O–H groups in total. The minimum absolute atomic E-state index is 0.160. The van der Waals surface area contributed by atoms with Crippen LogP contribution in [0.1, 0.15) is 45.2 Å². The largest absolute Gasteiger partial charge is 0.356 e. The fraction of sp³-hybridized carbons (Fsp3) is 0.579. The third-order valence-corrected chi connectivity index (χ3v) is 5.12. The summed E-state index contributed by atoms with van der Waals surface area (Å²) in [6.45, 7) is 6.69. The smallest absolute Gasteiger partial charge is 0.315 e. The Labute approximate surface area is 148 Å². The molecule has 25 heavy (non-hydrogen) atoms. The third-order valence-electron chi connectivity index (χ3n) is 5.12. The molecule has 0 radical (unpaired) electrons. The number of amides is 2. The number of benzene rings is 1. The van der Waals surface area contributed by atoms with E-state index in [2.05, 4.69) is 34.5 Å². The van der Waals surface area contributed by atoms with Gasteiger partial charge < -0.3 is 15.2 Å². The van der Waals surface area contributed by atoms with Gasteiger partial charge in [-0.3, -0.25) is 4.90 Å². The summed E-state index contributed by atoms with van der Waals surface area (Å²) in [6.07, 6.45) is 4.86. The molecule has 136 valence electrons. The van der Waals surface area contributed by atoms with E-state index in [-0.39, 0.29) is 6.03 Å². The van der Waals surface area contributed by atoms with E-state index in [1.807, 2.05) is 24.3 Å². The first-order valence-electron chi connectivity index (χ1n) is 9.26. The van der Waals surface area contributed by atoms with E-state index in [9.17, 15) is 4.79 Å². The van der Waals surface area contributed by atoms with Gasteiger partial charge in [0.25, 0.3) is 0 Å². The number of hydrogen-bond donors (Lipinski definition) is 2. The molecule has 1 aromatic heterocycles. The first-order chi connectivity index (χ1) is 12.1. The molecule has 0 bridgehead atoms. The minimum Gasteiger partial charge on any atom is -0.356 e. The van der Waals surface area contributed by atoms with Crippen molar-refractivity contribution in [3.05, 3.63) is 30.0 Å². The van der Waals surface area contributed by atoms with E-state index >= 15 is 0 Å². The normalized spacial score (nSPS) is 21.4. The van der Waals surface area contributed by atoms with Crippen molar-refractivity contribution in [3.63, 3.8) is 0 Å². The van der Waals surface area contributed by atoms with Crippen molar-refractivity contribution in [1.82, 2.24) is 20.7 Å². The van der Waals surface area contributed by atoms with Crippen LogP contribution in [-0.2, 0) is 6.54 Å². The molecule has 0 spiro atoms. The Morgan fingerprint density at radius 3 is 2.80 bits per heavy atom. The van der Waals surface area contributed by atoms with Gasteiger partial charge in [0.2, 0.25) is 0 Å². The van der Waals surface area contributed by atoms with Gasteiger partial charge in [-0.05, 0) is 45.2 Å². The van der Waals surface area contributed by atoms with Crippen molar-refractivity contribution < 1.29 is 9.32 Å². The van der Waals surface area contributed by atoms with Gasteiger partial charge in [0, 0.05) is 30.6 Å². The fourth-order valence-corrected chi connectivity index (χ4v) is 3.67. The molecule has 1 aromatic carbocycles. The number of piperidine rings is 1. The Bertz CT molecular complexity index is 690. The molecule has 2 heterocycles. The quantitative estimate of drug-likeness (QED) is 0.789. The lowest BCUT2D eigenvalue weighted by Crippen LogP contribution is -2.45. The highest BCUT2D eigenvalue weighted by Gasteiger charge is 2.23. The van der Waals surface area contributed by atoms with Crippen LogP contribution in [-0.4, -0.2) is 41.3 Å². The number of hydrogen-bond acceptors (Lipinski definition) is 4. The predicted octanol–water partition coefficient (Wildman–Crippen LogP) is 3.28. The van der Waals surface area contributed by atoms with E-state index in [4.69, 9.17) is 4.52 Å². The van der Waals surface area contributed by atoms with Crippen LogP contribution in [0.2, 0.25) is 0 Å². The number of para-hydroxylation sites is 1. The third kappa shape index (κ3) is 4.51. The van der Waals surface area contributed by atoms with Crippen LogP contribution in [0.4, 0.5) is 4.79 Å². The topological polar surface area (TPSA) is 70.4 Å². The maximum absolute atomic E-state index is 12.0. The van der Waals surface area contributed by atoms with E-state index in [0.717, 1.165) is 29.6 Å². The maximum atomic E-state index is 12.0. The molecule has 0 aliphatic carbocycles. The Hall–Kier alpha value is -2.08. The zero-order valence-corrected chi connectivity index (χ0v) is 15.1. The van der Waals surface area contributed by atoms with Crippen molar-refractivity contribution >= 4 is 17.0 Å². The second-order valence-electron chi connectivity index (χ2n) is 6.96. The molecular formula is C19H28N4O2. The fourth-order valence-electron chi connectivity index (χ4n) is 3.67. The van der Waals surface area contributed by atoms with Crippen LogP contribution < -0.4 is 10.6 Å². The molecule has 2 amide bonds. The number of urea groups is 1. The van der Waals surface area contributed by atoms with Gasteiger partial charge in [-0.2, -0.15) is 0 Å². The Kier molecular flexibility index (Phi) is 5.91. The standard InChI is InChI=1S/C19H28N4O2/c1-14-7-5-8-15(2)23(14)12-6-11-20-19(24)21-13-17-16-9-3-4-10-18(16)25-22-17/h3-4,9-10,14-15H,5-8,11-13H2,1-2H3,(H2,20,21,24). The number of nitrogens with one attached hydrogen (secondary N) is 2. The lowest BCUT2D eigenvalue weighted by molar-refractivity contribution is 0.102. The summed E-state index contributed by atoms with van der Waals surface area (Å²) in [4.78, 5) is 14.5. The molecule has 2 unspecified atom stereocenters. The number of likely N-dealkylation sites (tertiary alicyclic amines) is 1. The molecule has 1 aliphatic heterocycles. The number of rotatable bonds is 6. The van der Waals surface area contributed by atoms with Crippen LogP contribution in [0.15, 0.2) is 28.8 Å². The average Bonchev–Trinajstić information content (AvgIpc) is 3.02. The second kappa shape index (κ2) is 8.34. The van der Waals surface area contributed by atoms with Gasteiger partial charge >= 0.3 is 6.03 Å². The molecule has 1 saturated heterocycles. The molecule has 1 fully saturated rings. The van der Waals surface area contributed by atoms with E-state index < -0.39 is 0 Å². The van der Waals surface area contributed by atoms with Crippen molar-refractivity contribution in [2.24, 2.45) is 0 Å². The van der Waals surface area contributed by atoms with Crippen molar-refractivity contribution in [2.75, 3.05) is 13.1 Å². The molecule has 1 aliphatic rings. The molecule has 3 rings (SSSR count). The molecular weight excluding hydrogens is 316 g/mol. The first-order valence-corrected chi connectivity index (χ1v) is 9.26. The summed E-state index contributed by atoms with van der Waals surface area (Å²) in [7, 11) is 0. The summed E-state index contributed by atoms with van der Waals surface area (Å²) in [6, 6.07) is 8.80. The number of aromatic nitrogens is 1. The van der Waals surface area contributed by atoms with Gasteiger partial charge in [0.05, 0.1) is 6.54 Å². The van der Waals surface area contributed by atoms with Crippen LogP contribution in [0.5, 0.6) is 0 Å². The SMILES string of the molecule is CC1CCCC(C)N1CCCNC(=O)NCc1noc2ccccc12. The molecule has 2 aromatic rings. The molecule has 2 atom stereocenters. The summed E-state index contributed by atoms with van der Waals surface area (Å²) in [5, 5.41) is 10.7. The molecule has 0 saturated carbocycles. The highest BCUT2D eigenvalue weighted by atomic mass is 16.5. The number of carbonyl (C=O) groups is 1.